The molecule has 0 fully saturated rings. The Kier molecular flexibility index (Phi) is 9.09. The van der Waals surface area contributed by atoms with E-state index in [-0.39, 0.29) is 0 Å². The highest BCUT2D eigenvalue weighted by molar-refractivity contribution is 5.33. The van der Waals surface area contributed by atoms with E-state index in [2.05, 4.69) is 31.3 Å². The van der Waals surface area contributed by atoms with Crippen molar-refractivity contribution in [2.75, 3.05) is 26.9 Å². The molecule has 1 unspecified atom stereocenters. The fraction of sp³-hybridized carbons (Fsp3) is 0.647. The first kappa shape index (κ1) is 17.0. The molecule has 1 rings (SSSR count). The molecule has 0 saturated heterocycles. The summed E-state index contributed by atoms with van der Waals surface area (Å²) in [6.45, 7) is 6.79. The summed E-state index contributed by atoms with van der Waals surface area (Å²) in [4.78, 5) is 0. The first-order valence-corrected chi connectivity index (χ1v) is 7.74. The summed E-state index contributed by atoms with van der Waals surface area (Å²) in [5.41, 5.74) is 1.29. The van der Waals surface area contributed by atoms with Crippen LogP contribution in [0, 0.1) is 0 Å². The molecule has 0 saturated carbocycles. The van der Waals surface area contributed by atoms with Crippen molar-refractivity contribution >= 4 is 0 Å². The molecule has 0 spiro atoms. The number of methoxy groups -OCH3 is 1. The van der Waals surface area contributed by atoms with Crippen molar-refractivity contribution in [1.82, 2.24) is 5.32 Å². The van der Waals surface area contributed by atoms with Gasteiger partial charge in [-0.05, 0) is 43.9 Å². The minimum atomic E-state index is 0.599. The third kappa shape index (κ3) is 6.40. The van der Waals surface area contributed by atoms with Crippen molar-refractivity contribution in [2.45, 2.75) is 45.6 Å². The number of nitrogens with one attached hydrogen (secondary N) is 1. The molecular weight excluding hydrogens is 250 g/mol. The van der Waals surface area contributed by atoms with Gasteiger partial charge in [-0.3, -0.25) is 0 Å². The minimum absolute atomic E-state index is 0.599. The zero-order chi connectivity index (χ0) is 14.6. The quantitative estimate of drug-likeness (QED) is 0.630. The molecule has 0 radical (unpaired) electrons. The second kappa shape index (κ2) is 10.7. The number of ether oxygens (including phenoxy) is 2. The lowest BCUT2D eigenvalue weighted by atomic mass is 10.0. The van der Waals surface area contributed by atoms with Gasteiger partial charge in [-0.25, -0.2) is 0 Å². The Hall–Kier alpha value is -1.06. The fourth-order valence-corrected chi connectivity index (χ4v) is 2.21. The van der Waals surface area contributed by atoms with Gasteiger partial charge in [0.05, 0.1) is 6.61 Å². The zero-order valence-corrected chi connectivity index (χ0v) is 13.2. The Balaban J connectivity index is 2.48. The highest BCUT2D eigenvalue weighted by atomic mass is 16.5. The normalized spacial score (nSPS) is 12.3. The molecule has 0 aliphatic rings. The molecule has 0 aliphatic heterocycles. The fourth-order valence-electron chi connectivity index (χ4n) is 2.21. The summed E-state index contributed by atoms with van der Waals surface area (Å²) in [6, 6.07) is 8.92. The van der Waals surface area contributed by atoms with Crippen LogP contribution in [0.3, 0.4) is 0 Å². The molecule has 1 aromatic rings. The van der Waals surface area contributed by atoms with E-state index in [4.69, 9.17) is 9.47 Å². The smallest absolute Gasteiger partial charge is 0.122 e. The number of hydrogen-bond donors (Lipinski definition) is 1. The van der Waals surface area contributed by atoms with Crippen LogP contribution >= 0.6 is 0 Å². The lowest BCUT2D eigenvalue weighted by molar-refractivity contribution is 0.145. The highest BCUT2D eigenvalue weighted by Gasteiger charge is 2.08. The first-order chi connectivity index (χ1) is 9.81. The maximum Gasteiger partial charge on any atom is 0.122 e. The molecule has 3 heteroatoms. The standard InChI is InChI=1S/C17H29NO2/c1-4-12-18-16(5-2)11-10-15-8-6-7-9-17(15)20-14-13-19-3/h6-9,16,18H,4-5,10-14H2,1-3H3. The van der Waals surface area contributed by atoms with Crippen molar-refractivity contribution in [1.29, 1.82) is 0 Å². The summed E-state index contributed by atoms with van der Waals surface area (Å²) < 4.78 is 10.8. The lowest BCUT2D eigenvalue weighted by Gasteiger charge is -2.17. The number of aryl methyl sites for hydroxylation is 1. The van der Waals surface area contributed by atoms with Gasteiger partial charge in [0.15, 0.2) is 0 Å². The van der Waals surface area contributed by atoms with Crippen molar-refractivity contribution in [3.63, 3.8) is 0 Å². The van der Waals surface area contributed by atoms with Crippen LogP contribution in [0.1, 0.15) is 38.7 Å². The van der Waals surface area contributed by atoms with Crippen LogP contribution in [0.15, 0.2) is 24.3 Å². The predicted molar refractivity (Wildman–Crippen MR) is 84.5 cm³/mol. The third-order valence-electron chi connectivity index (χ3n) is 3.46. The average Bonchev–Trinajstić information content (AvgIpc) is 2.49. The number of hydrogen-bond acceptors (Lipinski definition) is 3. The monoisotopic (exact) mass is 279 g/mol. The van der Waals surface area contributed by atoms with E-state index in [9.17, 15) is 0 Å². The third-order valence-corrected chi connectivity index (χ3v) is 3.46. The predicted octanol–water partition coefficient (Wildman–Crippen LogP) is 3.42. The molecule has 0 heterocycles. The maximum absolute atomic E-state index is 5.78. The Morgan fingerprint density at radius 1 is 1.15 bits per heavy atom. The molecule has 114 valence electrons. The largest absolute Gasteiger partial charge is 0.491 e. The number of para-hydroxylation sites is 1. The second-order valence-electron chi connectivity index (χ2n) is 5.05. The van der Waals surface area contributed by atoms with E-state index in [1.165, 1.54) is 18.4 Å². The first-order valence-electron chi connectivity index (χ1n) is 7.74. The van der Waals surface area contributed by atoms with E-state index >= 15 is 0 Å². The summed E-state index contributed by atoms with van der Waals surface area (Å²) in [5.74, 6) is 0.995. The summed E-state index contributed by atoms with van der Waals surface area (Å²) in [7, 11) is 1.69. The van der Waals surface area contributed by atoms with Crippen molar-refractivity contribution in [2.24, 2.45) is 0 Å². The molecule has 20 heavy (non-hydrogen) atoms. The molecular formula is C17H29NO2. The van der Waals surface area contributed by atoms with E-state index in [1.807, 2.05) is 12.1 Å². The van der Waals surface area contributed by atoms with Crippen molar-refractivity contribution in [3.8, 4) is 5.75 Å². The van der Waals surface area contributed by atoms with Gasteiger partial charge < -0.3 is 14.8 Å². The van der Waals surface area contributed by atoms with Crippen molar-refractivity contribution in [3.05, 3.63) is 29.8 Å². The molecule has 0 aromatic heterocycles. The molecule has 3 nitrogen and oxygen atoms in total. The van der Waals surface area contributed by atoms with Gasteiger partial charge in [0.25, 0.3) is 0 Å². The van der Waals surface area contributed by atoms with Crippen LogP contribution in [-0.2, 0) is 11.2 Å². The van der Waals surface area contributed by atoms with Crippen LogP contribution in [0.2, 0.25) is 0 Å². The summed E-state index contributed by atoms with van der Waals surface area (Å²) >= 11 is 0. The van der Waals surface area contributed by atoms with E-state index in [0.29, 0.717) is 19.3 Å². The van der Waals surface area contributed by atoms with Crippen LogP contribution in [0.5, 0.6) is 5.75 Å². The molecule has 1 aromatic carbocycles. The SMILES string of the molecule is CCCNC(CC)CCc1ccccc1OCCOC. The highest BCUT2D eigenvalue weighted by Crippen LogP contribution is 2.20. The van der Waals surface area contributed by atoms with E-state index < -0.39 is 0 Å². The number of benzene rings is 1. The Morgan fingerprint density at radius 2 is 1.95 bits per heavy atom. The van der Waals surface area contributed by atoms with Gasteiger partial charge in [0, 0.05) is 13.2 Å². The molecule has 0 amide bonds. The van der Waals surface area contributed by atoms with E-state index in [1.54, 1.807) is 7.11 Å². The molecule has 1 atom stereocenters. The second-order valence-corrected chi connectivity index (χ2v) is 5.05. The molecule has 0 aliphatic carbocycles. The topological polar surface area (TPSA) is 30.5 Å². The molecule has 0 bridgehead atoms. The van der Waals surface area contributed by atoms with Gasteiger partial charge in [0.2, 0.25) is 0 Å². The van der Waals surface area contributed by atoms with Gasteiger partial charge in [-0.2, -0.15) is 0 Å². The van der Waals surface area contributed by atoms with Gasteiger partial charge >= 0.3 is 0 Å². The zero-order valence-electron chi connectivity index (χ0n) is 13.2. The molecule has 1 N–H and O–H groups in total. The Labute approximate surface area is 123 Å². The average molecular weight is 279 g/mol. The van der Waals surface area contributed by atoms with Crippen LogP contribution < -0.4 is 10.1 Å². The van der Waals surface area contributed by atoms with Gasteiger partial charge in [0.1, 0.15) is 12.4 Å². The number of rotatable bonds is 11. The Morgan fingerprint density at radius 3 is 2.65 bits per heavy atom. The van der Waals surface area contributed by atoms with Crippen LogP contribution in [0.4, 0.5) is 0 Å². The summed E-state index contributed by atoms with van der Waals surface area (Å²) in [5, 5.41) is 3.60. The van der Waals surface area contributed by atoms with Crippen LogP contribution in [0.25, 0.3) is 0 Å². The lowest BCUT2D eigenvalue weighted by Crippen LogP contribution is -2.29. The Bertz CT molecular complexity index is 355. The summed E-state index contributed by atoms with van der Waals surface area (Å²) in [6.07, 6.45) is 4.57. The van der Waals surface area contributed by atoms with Crippen LogP contribution in [-0.4, -0.2) is 32.9 Å². The van der Waals surface area contributed by atoms with Crippen molar-refractivity contribution < 1.29 is 9.47 Å². The van der Waals surface area contributed by atoms with E-state index in [0.717, 1.165) is 25.1 Å². The van der Waals surface area contributed by atoms with Gasteiger partial charge in [-0.15, -0.1) is 0 Å². The minimum Gasteiger partial charge on any atom is -0.491 e. The van der Waals surface area contributed by atoms with Gasteiger partial charge in [-0.1, -0.05) is 32.0 Å². The maximum atomic E-state index is 5.78.